The fraction of sp³-hybridized carbons (Fsp3) is 0. The van der Waals surface area contributed by atoms with Crippen LogP contribution in [0, 0.1) is 11.6 Å². The molecule has 0 unspecified atom stereocenters. The van der Waals surface area contributed by atoms with Crippen molar-refractivity contribution < 1.29 is 18.0 Å². The lowest BCUT2D eigenvalue weighted by Crippen LogP contribution is -2.01. The minimum atomic E-state index is -1.08. The maximum atomic E-state index is 12.9. The van der Waals surface area contributed by atoms with Crippen molar-refractivity contribution in [1.82, 2.24) is 0 Å². The molecule has 0 spiro atoms. The summed E-state index contributed by atoms with van der Waals surface area (Å²) in [7, 11) is 0. The van der Waals surface area contributed by atoms with Gasteiger partial charge in [0.25, 0.3) is 0 Å². The molecule has 2 nitrogen and oxygen atoms in total. The lowest BCUT2D eigenvalue weighted by atomic mass is 10.1. The standard InChI is InChI=1S/C11H5ClF2O2/c12-11-7(3-4-16-11)10(15)6-1-2-8(13)9(14)5-6/h1-5H. The summed E-state index contributed by atoms with van der Waals surface area (Å²) in [6.07, 6.45) is 1.25. The van der Waals surface area contributed by atoms with Crippen LogP contribution in [0.3, 0.4) is 0 Å². The topological polar surface area (TPSA) is 30.2 Å². The van der Waals surface area contributed by atoms with Crippen molar-refractivity contribution in [3.8, 4) is 0 Å². The Bertz CT molecular complexity index is 549. The highest BCUT2D eigenvalue weighted by Gasteiger charge is 2.16. The molecule has 0 fully saturated rings. The van der Waals surface area contributed by atoms with Crippen LogP contribution in [-0.2, 0) is 0 Å². The van der Waals surface area contributed by atoms with Gasteiger partial charge in [0, 0.05) is 5.56 Å². The highest BCUT2D eigenvalue weighted by molar-refractivity contribution is 6.33. The molecule has 0 amide bonds. The summed E-state index contributed by atoms with van der Waals surface area (Å²) in [5.74, 6) is -2.60. The maximum absolute atomic E-state index is 12.9. The second kappa shape index (κ2) is 4.06. The number of carbonyl (C=O) groups is 1. The van der Waals surface area contributed by atoms with Gasteiger partial charge < -0.3 is 4.42 Å². The third-order valence-electron chi connectivity index (χ3n) is 2.04. The van der Waals surface area contributed by atoms with Crippen molar-refractivity contribution in [1.29, 1.82) is 0 Å². The summed E-state index contributed by atoms with van der Waals surface area (Å²) in [5, 5.41) is -0.0743. The molecule has 1 heterocycles. The molecule has 82 valence electrons. The number of hydrogen-bond acceptors (Lipinski definition) is 2. The Morgan fingerprint density at radius 3 is 2.50 bits per heavy atom. The Kier molecular flexibility index (Phi) is 2.75. The van der Waals surface area contributed by atoms with Gasteiger partial charge in [-0.1, -0.05) is 0 Å². The van der Waals surface area contributed by atoms with E-state index in [9.17, 15) is 13.6 Å². The second-order valence-electron chi connectivity index (χ2n) is 3.07. The van der Waals surface area contributed by atoms with E-state index in [4.69, 9.17) is 16.0 Å². The molecule has 0 radical (unpaired) electrons. The lowest BCUT2D eigenvalue weighted by Gasteiger charge is -1.99. The molecule has 5 heteroatoms. The predicted octanol–water partition coefficient (Wildman–Crippen LogP) is 3.44. The first-order valence-electron chi connectivity index (χ1n) is 4.32. The van der Waals surface area contributed by atoms with Crippen molar-refractivity contribution in [3.05, 3.63) is 58.5 Å². The Morgan fingerprint density at radius 1 is 1.19 bits per heavy atom. The minimum absolute atomic E-state index is 0.0159. The van der Waals surface area contributed by atoms with Gasteiger partial charge in [0.2, 0.25) is 5.22 Å². The molecule has 1 aromatic carbocycles. The molecule has 0 aliphatic rings. The molecule has 0 N–H and O–H groups in total. The van der Waals surface area contributed by atoms with E-state index in [0.717, 1.165) is 12.1 Å². The SMILES string of the molecule is O=C(c1ccc(F)c(F)c1)c1ccoc1Cl. The van der Waals surface area contributed by atoms with Crippen LogP contribution < -0.4 is 0 Å². The molecule has 0 aliphatic carbocycles. The zero-order chi connectivity index (χ0) is 11.7. The first-order valence-corrected chi connectivity index (χ1v) is 4.70. The van der Waals surface area contributed by atoms with E-state index in [0.29, 0.717) is 0 Å². The molecule has 2 rings (SSSR count). The maximum Gasteiger partial charge on any atom is 0.204 e. The van der Waals surface area contributed by atoms with Crippen molar-refractivity contribution in [2.75, 3.05) is 0 Å². The molecule has 0 atom stereocenters. The lowest BCUT2D eigenvalue weighted by molar-refractivity contribution is 0.103. The smallest absolute Gasteiger partial charge is 0.204 e. The van der Waals surface area contributed by atoms with Crippen LogP contribution in [0.25, 0.3) is 0 Å². The summed E-state index contributed by atoms with van der Waals surface area (Å²) in [6.45, 7) is 0. The van der Waals surface area contributed by atoms with E-state index in [1.165, 1.54) is 18.4 Å². The molecular weight excluding hydrogens is 238 g/mol. The number of carbonyl (C=O) groups excluding carboxylic acids is 1. The van der Waals surface area contributed by atoms with Gasteiger partial charge >= 0.3 is 0 Å². The van der Waals surface area contributed by atoms with Crippen molar-refractivity contribution in [2.24, 2.45) is 0 Å². The number of benzene rings is 1. The minimum Gasteiger partial charge on any atom is -0.452 e. The molecule has 1 aromatic heterocycles. The average molecular weight is 243 g/mol. The van der Waals surface area contributed by atoms with Gasteiger partial charge in [0.15, 0.2) is 17.4 Å². The highest BCUT2D eigenvalue weighted by atomic mass is 35.5. The van der Waals surface area contributed by atoms with E-state index < -0.39 is 17.4 Å². The molecular formula is C11H5ClF2O2. The third kappa shape index (κ3) is 1.84. The summed E-state index contributed by atoms with van der Waals surface area (Å²) in [6, 6.07) is 4.26. The largest absolute Gasteiger partial charge is 0.452 e. The zero-order valence-electron chi connectivity index (χ0n) is 7.84. The fourth-order valence-electron chi connectivity index (χ4n) is 1.25. The molecule has 0 saturated carbocycles. The predicted molar refractivity (Wildman–Crippen MR) is 53.5 cm³/mol. The Hall–Kier alpha value is -1.68. The fourth-order valence-corrected chi connectivity index (χ4v) is 1.45. The summed E-state index contributed by atoms with van der Waals surface area (Å²) < 4.78 is 30.3. The number of rotatable bonds is 2. The van der Waals surface area contributed by atoms with Gasteiger partial charge in [-0.2, -0.15) is 0 Å². The van der Waals surface area contributed by atoms with Crippen LogP contribution in [0.4, 0.5) is 8.78 Å². The number of ketones is 1. The summed E-state index contributed by atoms with van der Waals surface area (Å²) in [4.78, 5) is 11.8. The third-order valence-corrected chi connectivity index (χ3v) is 2.34. The second-order valence-corrected chi connectivity index (χ2v) is 3.41. The monoisotopic (exact) mass is 242 g/mol. The summed E-state index contributed by atoms with van der Waals surface area (Å²) >= 11 is 5.60. The van der Waals surface area contributed by atoms with Gasteiger partial charge in [-0.05, 0) is 35.9 Å². The highest BCUT2D eigenvalue weighted by Crippen LogP contribution is 2.21. The molecule has 0 bridgehead atoms. The molecule has 0 aliphatic heterocycles. The Labute approximate surface area is 94.4 Å². The van der Waals surface area contributed by atoms with E-state index >= 15 is 0 Å². The first-order chi connectivity index (χ1) is 7.59. The molecule has 16 heavy (non-hydrogen) atoms. The van der Waals surface area contributed by atoms with Crippen LogP contribution in [-0.4, -0.2) is 5.78 Å². The van der Waals surface area contributed by atoms with Gasteiger partial charge in [-0.25, -0.2) is 8.78 Å². The number of halogens is 3. The van der Waals surface area contributed by atoms with Crippen LogP contribution in [0.2, 0.25) is 5.22 Å². The Morgan fingerprint density at radius 2 is 1.94 bits per heavy atom. The van der Waals surface area contributed by atoms with Crippen LogP contribution >= 0.6 is 11.6 Å². The Balaban J connectivity index is 2.42. The van der Waals surface area contributed by atoms with Crippen LogP contribution in [0.5, 0.6) is 0 Å². The van der Waals surface area contributed by atoms with Crippen LogP contribution in [0.1, 0.15) is 15.9 Å². The molecule has 2 aromatic rings. The number of furan rings is 1. The zero-order valence-corrected chi connectivity index (χ0v) is 8.59. The van der Waals surface area contributed by atoms with Crippen molar-refractivity contribution >= 4 is 17.4 Å². The van der Waals surface area contributed by atoms with Gasteiger partial charge in [-0.15, -0.1) is 0 Å². The summed E-state index contributed by atoms with van der Waals surface area (Å²) in [5.41, 5.74) is 0.134. The number of hydrogen-bond donors (Lipinski definition) is 0. The molecule has 0 saturated heterocycles. The van der Waals surface area contributed by atoms with Gasteiger partial charge in [0.05, 0.1) is 11.8 Å². The first kappa shape index (κ1) is 10.8. The van der Waals surface area contributed by atoms with E-state index in [1.807, 2.05) is 0 Å². The van der Waals surface area contributed by atoms with E-state index in [2.05, 4.69) is 0 Å². The van der Waals surface area contributed by atoms with Gasteiger partial charge in [0.1, 0.15) is 0 Å². The average Bonchev–Trinajstić information content (AvgIpc) is 2.67. The van der Waals surface area contributed by atoms with Crippen molar-refractivity contribution in [2.45, 2.75) is 0 Å². The van der Waals surface area contributed by atoms with Crippen molar-refractivity contribution in [3.63, 3.8) is 0 Å². The van der Waals surface area contributed by atoms with Crippen LogP contribution in [0.15, 0.2) is 34.9 Å². The van der Waals surface area contributed by atoms with E-state index in [1.54, 1.807) is 0 Å². The van der Waals surface area contributed by atoms with E-state index in [-0.39, 0.29) is 16.3 Å². The van der Waals surface area contributed by atoms with Gasteiger partial charge in [-0.3, -0.25) is 4.79 Å². The quantitative estimate of drug-likeness (QED) is 0.755. The normalized spacial score (nSPS) is 10.4.